The number of carbonyl (C=O) groups is 1. The summed E-state index contributed by atoms with van der Waals surface area (Å²) < 4.78 is 0. The number of likely N-dealkylation sites (N-methyl/N-ethyl adjacent to an activating group) is 2. The van der Waals surface area contributed by atoms with E-state index in [0.29, 0.717) is 19.1 Å². The van der Waals surface area contributed by atoms with E-state index in [4.69, 9.17) is 0 Å². The van der Waals surface area contributed by atoms with Crippen LogP contribution in [0.2, 0.25) is 0 Å². The van der Waals surface area contributed by atoms with Gasteiger partial charge in [0.2, 0.25) is 5.91 Å². The fourth-order valence-electron chi connectivity index (χ4n) is 3.10. The number of hydrogen-bond donors (Lipinski definition) is 0. The molecule has 0 bridgehead atoms. The monoisotopic (exact) mass is 303 g/mol. The maximum Gasteiger partial charge on any atom is 0.236 e. The molecule has 0 saturated heterocycles. The second-order valence-electron chi connectivity index (χ2n) is 6.48. The van der Waals surface area contributed by atoms with Gasteiger partial charge in [-0.2, -0.15) is 0 Å². The molecule has 1 aliphatic rings. The van der Waals surface area contributed by atoms with Crippen LogP contribution in [0.25, 0.3) is 0 Å². The topological polar surface area (TPSA) is 36.4 Å². The standard InChI is InChI=1S/C18H29N3O/c1-4-15-10-11-16(19-12-15)13-20(2)14-18(22)21(3)17-8-6-5-7-9-17/h10-12,17H,4-9,13-14H2,1-3H3. The van der Waals surface area contributed by atoms with E-state index in [1.165, 1.54) is 24.8 Å². The van der Waals surface area contributed by atoms with Crippen LogP contribution in [0.3, 0.4) is 0 Å². The summed E-state index contributed by atoms with van der Waals surface area (Å²) in [4.78, 5) is 20.9. The van der Waals surface area contributed by atoms with Gasteiger partial charge in [0.25, 0.3) is 0 Å². The van der Waals surface area contributed by atoms with E-state index >= 15 is 0 Å². The van der Waals surface area contributed by atoms with Crippen molar-refractivity contribution in [2.24, 2.45) is 0 Å². The van der Waals surface area contributed by atoms with Crippen LogP contribution in [-0.2, 0) is 17.8 Å². The van der Waals surface area contributed by atoms with Crippen LogP contribution in [-0.4, -0.2) is 47.4 Å². The smallest absolute Gasteiger partial charge is 0.236 e. The van der Waals surface area contributed by atoms with Crippen LogP contribution in [0.15, 0.2) is 18.3 Å². The number of pyridine rings is 1. The highest BCUT2D eigenvalue weighted by Gasteiger charge is 2.22. The number of amides is 1. The molecule has 1 amide bonds. The Labute approximate surface area is 134 Å². The zero-order chi connectivity index (χ0) is 15.9. The number of aryl methyl sites for hydroxylation is 1. The first kappa shape index (κ1) is 16.9. The van der Waals surface area contributed by atoms with E-state index < -0.39 is 0 Å². The average molecular weight is 303 g/mol. The van der Waals surface area contributed by atoms with Crippen molar-refractivity contribution in [3.63, 3.8) is 0 Å². The first-order chi connectivity index (χ1) is 10.6. The van der Waals surface area contributed by atoms with E-state index in [9.17, 15) is 4.79 Å². The number of hydrogen-bond acceptors (Lipinski definition) is 3. The summed E-state index contributed by atoms with van der Waals surface area (Å²) in [7, 11) is 3.95. The predicted molar refractivity (Wildman–Crippen MR) is 89.6 cm³/mol. The van der Waals surface area contributed by atoms with Gasteiger partial charge in [0, 0.05) is 25.8 Å². The SMILES string of the molecule is CCc1ccc(CN(C)CC(=O)N(C)C2CCCCC2)nc1. The average Bonchev–Trinajstić information content (AvgIpc) is 2.55. The quantitative estimate of drug-likeness (QED) is 0.811. The highest BCUT2D eigenvalue weighted by molar-refractivity contribution is 5.78. The summed E-state index contributed by atoms with van der Waals surface area (Å²) >= 11 is 0. The zero-order valence-electron chi connectivity index (χ0n) is 14.2. The highest BCUT2D eigenvalue weighted by Crippen LogP contribution is 2.21. The second-order valence-corrected chi connectivity index (χ2v) is 6.48. The minimum atomic E-state index is 0.222. The van der Waals surface area contributed by atoms with Crippen LogP contribution < -0.4 is 0 Å². The predicted octanol–water partition coefficient (Wildman–Crippen LogP) is 2.87. The molecule has 1 aromatic heterocycles. The van der Waals surface area contributed by atoms with Crippen molar-refractivity contribution in [2.45, 2.75) is 58.0 Å². The first-order valence-electron chi connectivity index (χ1n) is 8.48. The lowest BCUT2D eigenvalue weighted by atomic mass is 9.94. The molecule has 0 spiro atoms. The summed E-state index contributed by atoms with van der Waals surface area (Å²) in [6, 6.07) is 4.62. The molecule has 4 heteroatoms. The van der Waals surface area contributed by atoms with Gasteiger partial charge in [0.1, 0.15) is 0 Å². The van der Waals surface area contributed by atoms with E-state index in [2.05, 4.69) is 28.9 Å². The normalized spacial score (nSPS) is 16.0. The first-order valence-corrected chi connectivity index (χ1v) is 8.48. The van der Waals surface area contributed by atoms with Gasteiger partial charge in [0.15, 0.2) is 0 Å². The maximum atomic E-state index is 12.4. The van der Waals surface area contributed by atoms with Crippen molar-refractivity contribution < 1.29 is 4.79 Å². The van der Waals surface area contributed by atoms with Crippen LogP contribution >= 0.6 is 0 Å². The Morgan fingerprint density at radius 3 is 2.55 bits per heavy atom. The molecule has 0 N–H and O–H groups in total. The number of nitrogens with zero attached hydrogens (tertiary/aromatic N) is 3. The summed E-state index contributed by atoms with van der Waals surface area (Å²) in [6.45, 7) is 3.31. The summed E-state index contributed by atoms with van der Waals surface area (Å²) in [5.74, 6) is 0.222. The molecule has 2 rings (SSSR count). The van der Waals surface area contributed by atoms with E-state index in [1.807, 2.05) is 25.2 Å². The molecule has 22 heavy (non-hydrogen) atoms. The molecular weight excluding hydrogens is 274 g/mol. The van der Waals surface area contributed by atoms with Crippen molar-refractivity contribution in [2.75, 3.05) is 20.6 Å². The second kappa shape index (κ2) is 8.28. The molecule has 1 heterocycles. The molecular formula is C18H29N3O. The Morgan fingerprint density at radius 2 is 1.95 bits per heavy atom. The Balaban J connectivity index is 1.81. The molecule has 1 aliphatic carbocycles. The van der Waals surface area contributed by atoms with E-state index in [-0.39, 0.29) is 5.91 Å². The van der Waals surface area contributed by atoms with Gasteiger partial charge in [-0.05, 0) is 37.9 Å². The molecule has 1 saturated carbocycles. The third-order valence-electron chi connectivity index (χ3n) is 4.65. The molecule has 0 radical (unpaired) electrons. The molecule has 122 valence electrons. The third kappa shape index (κ3) is 4.80. The summed E-state index contributed by atoms with van der Waals surface area (Å²) in [6.07, 6.45) is 9.08. The van der Waals surface area contributed by atoms with Gasteiger partial charge in [-0.3, -0.25) is 14.7 Å². The number of rotatable bonds is 6. The van der Waals surface area contributed by atoms with Gasteiger partial charge in [-0.1, -0.05) is 32.3 Å². The largest absolute Gasteiger partial charge is 0.342 e. The van der Waals surface area contributed by atoms with Crippen LogP contribution in [0.4, 0.5) is 0 Å². The van der Waals surface area contributed by atoms with Crippen molar-refractivity contribution in [1.29, 1.82) is 0 Å². The van der Waals surface area contributed by atoms with Gasteiger partial charge < -0.3 is 4.90 Å². The molecule has 0 aromatic carbocycles. The fraction of sp³-hybridized carbons (Fsp3) is 0.667. The number of aromatic nitrogens is 1. The van der Waals surface area contributed by atoms with Crippen molar-refractivity contribution in [3.05, 3.63) is 29.6 Å². The van der Waals surface area contributed by atoms with Gasteiger partial charge in [0.05, 0.1) is 12.2 Å². The summed E-state index contributed by atoms with van der Waals surface area (Å²) in [5, 5.41) is 0. The Hall–Kier alpha value is -1.42. The van der Waals surface area contributed by atoms with Gasteiger partial charge in [-0.15, -0.1) is 0 Å². The Morgan fingerprint density at radius 1 is 1.23 bits per heavy atom. The molecule has 0 atom stereocenters. The lowest BCUT2D eigenvalue weighted by Crippen LogP contribution is -2.43. The Kier molecular flexibility index (Phi) is 6.37. The fourth-order valence-corrected chi connectivity index (χ4v) is 3.10. The zero-order valence-corrected chi connectivity index (χ0v) is 14.2. The van der Waals surface area contributed by atoms with Gasteiger partial charge in [-0.25, -0.2) is 0 Å². The van der Waals surface area contributed by atoms with Crippen LogP contribution in [0.1, 0.15) is 50.3 Å². The molecule has 1 aromatic rings. The minimum Gasteiger partial charge on any atom is -0.342 e. The lowest BCUT2D eigenvalue weighted by Gasteiger charge is -2.32. The van der Waals surface area contributed by atoms with E-state index in [1.54, 1.807) is 0 Å². The van der Waals surface area contributed by atoms with Crippen molar-refractivity contribution in [3.8, 4) is 0 Å². The molecule has 1 fully saturated rings. The maximum absolute atomic E-state index is 12.4. The molecule has 0 aliphatic heterocycles. The summed E-state index contributed by atoms with van der Waals surface area (Å²) in [5.41, 5.74) is 2.27. The minimum absolute atomic E-state index is 0.222. The third-order valence-corrected chi connectivity index (χ3v) is 4.65. The van der Waals surface area contributed by atoms with Crippen LogP contribution in [0.5, 0.6) is 0 Å². The lowest BCUT2D eigenvalue weighted by molar-refractivity contribution is -0.133. The van der Waals surface area contributed by atoms with Gasteiger partial charge >= 0.3 is 0 Å². The van der Waals surface area contributed by atoms with Crippen molar-refractivity contribution in [1.82, 2.24) is 14.8 Å². The van der Waals surface area contributed by atoms with Crippen LogP contribution in [0, 0.1) is 0 Å². The van der Waals surface area contributed by atoms with E-state index in [0.717, 1.165) is 25.0 Å². The molecule has 4 nitrogen and oxygen atoms in total. The Bertz CT molecular complexity index is 466. The molecule has 0 unspecified atom stereocenters. The number of carbonyl (C=O) groups excluding carboxylic acids is 1. The highest BCUT2D eigenvalue weighted by atomic mass is 16.2. The van der Waals surface area contributed by atoms with Crippen molar-refractivity contribution >= 4 is 5.91 Å².